The predicted octanol–water partition coefficient (Wildman–Crippen LogP) is 4.46. The summed E-state index contributed by atoms with van der Waals surface area (Å²) < 4.78 is 4.98. The first-order chi connectivity index (χ1) is 11.1. The van der Waals surface area contributed by atoms with E-state index in [9.17, 15) is 4.79 Å². The van der Waals surface area contributed by atoms with Gasteiger partial charge in [-0.3, -0.25) is 0 Å². The second-order valence-corrected chi connectivity index (χ2v) is 5.81. The van der Waals surface area contributed by atoms with Crippen LogP contribution in [0.15, 0.2) is 24.3 Å². The summed E-state index contributed by atoms with van der Waals surface area (Å²) in [6.07, 6.45) is 4.57. The molecular formula is C18H28N2O2S. The van der Waals surface area contributed by atoms with Gasteiger partial charge in [0.05, 0.1) is 12.2 Å². The fourth-order valence-corrected chi connectivity index (χ4v) is 2.42. The van der Waals surface area contributed by atoms with Gasteiger partial charge in [0, 0.05) is 18.8 Å². The van der Waals surface area contributed by atoms with Crippen LogP contribution < -0.4 is 5.32 Å². The lowest BCUT2D eigenvalue weighted by Gasteiger charge is -2.25. The molecule has 0 aliphatic heterocycles. The Hall–Kier alpha value is -1.62. The van der Waals surface area contributed by atoms with E-state index >= 15 is 0 Å². The summed E-state index contributed by atoms with van der Waals surface area (Å²) in [5, 5.41) is 4.01. The SMILES string of the molecule is CCCCN(CCCC)C(=S)Nc1ccc(C(=O)OCC)cc1. The summed E-state index contributed by atoms with van der Waals surface area (Å²) in [6, 6.07) is 7.23. The Morgan fingerprint density at radius 2 is 1.65 bits per heavy atom. The van der Waals surface area contributed by atoms with Gasteiger partial charge in [-0.2, -0.15) is 0 Å². The number of hydrogen-bond acceptors (Lipinski definition) is 3. The lowest BCUT2D eigenvalue weighted by Crippen LogP contribution is -2.36. The number of carbonyl (C=O) groups excluding carboxylic acids is 1. The minimum absolute atomic E-state index is 0.297. The molecule has 0 fully saturated rings. The number of nitrogens with zero attached hydrogens (tertiary/aromatic N) is 1. The van der Waals surface area contributed by atoms with Crippen molar-refractivity contribution in [3.63, 3.8) is 0 Å². The van der Waals surface area contributed by atoms with Gasteiger partial charge in [-0.25, -0.2) is 4.79 Å². The summed E-state index contributed by atoms with van der Waals surface area (Å²) in [7, 11) is 0. The average molecular weight is 337 g/mol. The van der Waals surface area contributed by atoms with Gasteiger partial charge < -0.3 is 15.0 Å². The molecule has 1 aromatic rings. The molecule has 5 heteroatoms. The summed E-state index contributed by atoms with van der Waals surface area (Å²) in [6.45, 7) is 8.50. The second-order valence-electron chi connectivity index (χ2n) is 5.42. The maximum Gasteiger partial charge on any atom is 0.338 e. The molecule has 23 heavy (non-hydrogen) atoms. The Balaban J connectivity index is 2.64. The van der Waals surface area contributed by atoms with Crippen molar-refractivity contribution in [2.24, 2.45) is 0 Å². The standard InChI is InChI=1S/C18H28N2O2S/c1-4-7-13-20(14-8-5-2)18(23)19-16-11-9-15(10-12-16)17(21)22-6-3/h9-12H,4-8,13-14H2,1-3H3,(H,19,23). The fraction of sp³-hybridized carbons (Fsp3) is 0.556. The lowest BCUT2D eigenvalue weighted by molar-refractivity contribution is 0.0526. The Bertz CT molecular complexity index is 480. The summed E-state index contributed by atoms with van der Waals surface area (Å²) >= 11 is 5.53. The fourth-order valence-electron chi connectivity index (χ4n) is 2.12. The Morgan fingerprint density at radius 3 is 2.13 bits per heavy atom. The topological polar surface area (TPSA) is 41.6 Å². The number of thiocarbonyl (C=S) groups is 1. The van der Waals surface area contributed by atoms with Gasteiger partial charge in [0.2, 0.25) is 0 Å². The van der Waals surface area contributed by atoms with Crippen molar-refractivity contribution in [1.29, 1.82) is 0 Å². The van der Waals surface area contributed by atoms with Gasteiger partial charge in [0.1, 0.15) is 0 Å². The predicted molar refractivity (Wildman–Crippen MR) is 100 cm³/mol. The van der Waals surface area contributed by atoms with Crippen molar-refractivity contribution in [3.8, 4) is 0 Å². The van der Waals surface area contributed by atoms with Crippen LogP contribution in [0.1, 0.15) is 56.8 Å². The molecule has 1 N–H and O–H groups in total. The van der Waals surface area contributed by atoms with Gasteiger partial charge in [0.15, 0.2) is 5.11 Å². The van der Waals surface area contributed by atoms with Crippen LogP contribution >= 0.6 is 12.2 Å². The van der Waals surface area contributed by atoms with E-state index in [1.807, 2.05) is 12.1 Å². The normalized spacial score (nSPS) is 10.2. The molecule has 0 spiro atoms. The third-order valence-corrected chi connectivity index (χ3v) is 3.86. The number of rotatable bonds is 9. The number of unbranched alkanes of at least 4 members (excludes halogenated alkanes) is 2. The smallest absolute Gasteiger partial charge is 0.338 e. The van der Waals surface area contributed by atoms with Crippen LogP contribution in [0, 0.1) is 0 Å². The highest BCUT2D eigenvalue weighted by atomic mass is 32.1. The average Bonchev–Trinajstić information content (AvgIpc) is 2.55. The number of esters is 1. The first-order valence-corrected chi connectivity index (χ1v) is 8.86. The summed E-state index contributed by atoms with van der Waals surface area (Å²) in [5.41, 5.74) is 1.44. The highest BCUT2D eigenvalue weighted by Gasteiger charge is 2.10. The number of anilines is 1. The first-order valence-electron chi connectivity index (χ1n) is 8.45. The number of carbonyl (C=O) groups is 1. The minimum atomic E-state index is -0.297. The number of nitrogens with one attached hydrogen (secondary N) is 1. The van der Waals surface area contributed by atoms with Crippen LogP contribution in [0.5, 0.6) is 0 Å². The number of hydrogen-bond donors (Lipinski definition) is 1. The van der Waals surface area contributed by atoms with E-state index in [0.717, 1.165) is 49.6 Å². The molecule has 1 rings (SSSR count). The second kappa shape index (κ2) is 11.0. The van der Waals surface area contributed by atoms with Crippen LogP contribution in [0.2, 0.25) is 0 Å². The van der Waals surface area contributed by atoms with Crippen molar-refractivity contribution in [1.82, 2.24) is 4.90 Å². The highest BCUT2D eigenvalue weighted by molar-refractivity contribution is 7.80. The van der Waals surface area contributed by atoms with E-state index < -0.39 is 0 Å². The molecule has 0 amide bonds. The lowest BCUT2D eigenvalue weighted by atomic mass is 10.2. The molecule has 0 bridgehead atoms. The molecule has 0 aliphatic rings. The summed E-state index contributed by atoms with van der Waals surface area (Å²) in [5.74, 6) is -0.297. The monoisotopic (exact) mass is 336 g/mol. The Kier molecular flexibility index (Phi) is 9.29. The van der Waals surface area contributed by atoms with Gasteiger partial charge >= 0.3 is 5.97 Å². The van der Waals surface area contributed by atoms with Crippen molar-refractivity contribution in [2.45, 2.75) is 46.5 Å². The van der Waals surface area contributed by atoms with Crippen molar-refractivity contribution in [3.05, 3.63) is 29.8 Å². The zero-order valence-corrected chi connectivity index (χ0v) is 15.2. The van der Waals surface area contributed by atoms with Crippen LogP contribution in [0.25, 0.3) is 0 Å². The van der Waals surface area contributed by atoms with Crippen molar-refractivity contribution >= 4 is 29.0 Å². The molecule has 0 unspecified atom stereocenters. The minimum Gasteiger partial charge on any atom is -0.462 e. The molecule has 0 atom stereocenters. The maximum atomic E-state index is 11.6. The molecule has 1 aromatic carbocycles. The van der Waals surface area contributed by atoms with Crippen LogP contribution in [0.3, 0.4) is 0 Å². The van der Waals surface area contributed by atoms with E-state index in [2.05, 4.69) is 24.1 Å². The van der Waals surface area contributed by atoms with Crippen LogP contribution in [0.4, 0.5) is 5.69 Å². The van der Waals surface area contributed by atoms with Gasteiger partial charge in [-0.1, -0.05) is 26.7 Å². The molecule has 0 saturated carbocycles. The van der Waals surface area contributed by atoms with Crippen molar-refractivity contribution < 1.29 is 9.53 Å². The highest BCUT2D eigenvalue weighted by Crippen LogP contribution is 2.12. The quantitative estimate of drug-likeness (QED) is 0.532. The molecular weight excluding hydrogens is 308 g/mol. The van der Waals surface area contributed by atoms with Crippen LogP contribution in [-0.2, 0) is 4.74 Å². The number of ether oxygens (including phenoxy) is 1. The maximum absolute atomic E-state index is 11.6. The van der Waals surface area contributed by atoms with Gasteiger partial charge in [-0.05, 0) is 56.2 Å². The van der Waals surface area contributed by atoms with E-state index in [-0.39, 0.29) is 5.97 Å². The van der Waals surface area contributed by atoms with E-state index in [0.29, 0.717) is 12.2 Å². The largest absolute Gasteiger partial charge is 0.462 e. The molecule has 0 aliphatic carbocycles. The molecule has 4 nitrogen and oxygen atoms in total. The first kappa shape index (κ1) is 19.4. The third kappa shape index (κ3) is 6.99. The molecule has 0 heterocycles. The summed E-state index contributed by atoms with van der Waals surface area (Å²) in [4.78, 5) is 13.9. The zero-order chi connectivity index (χ0) is 17.1. The van der Waals surface area contributed by atoms with E-state index in [4.69, 9.17) is 17.0 Å². The van der Waals surface area contributed by atoms with E-state index in [1.165, 1.54) is 0 Å². The molecule has 0 radical (unpaired) electrons. The zero-order valence-electron chi connectivity index (χ0n) is 14.4. The third-order valence-electron chi connectivity index (χ3n) is 3.50. The molecule has 0 saturated heterocycles. The Labute approximate surface area is 145 Å². The van der Waals surface area contributed by atoms with E-state index in [1.54, 1.807) is 19.1 Å². The van der Waals surface area contributed by atoms with Crippen molar-refractivity contribution in [2.75, 3.05) is 25.0 Å². The van der Waals surface area contributed by atoms with Gasteiger partial charge in [-0.15, -0.1) is 0 Å². The van der Waals surface area contributed by atoms with Crippen LogP contribution in [-0.4, -0.2) is 35.7 Å². The molecule has 0 aromatic heterocycles. The number of benzene rings is 1. The van der Waals surface area contributed by atoms with Gasteiger partial charge in [0.25, 0.3) is 0 Å². The Morgan fingerprint density at radius 1 is 1.09 bits per heavy atom. The molecule has 128 valence electrons.